The van der Waals surface area contributed by atoms with Crippen LogP contribution in [-0.4, -0.2) is 42.1 Å². The molecule has 0 saturated carbocycles. The van der Waals surface area contributed by atoms with Crippen LogP contribution in [0.3, 0.4) is 0 Å². The Morgan fingerprint density at radius 1 is 1.61 bits per heavy atom. The molecule has 0 aromatic carbocycles. The predicted molar refractivity (Wildman–Crippen MR) is 73.9 cm³/mol. The molecule has 102 valence electrons. The fourth-order valence-corrected chi connectivity index (χ4v) is 2.47. The highest BCUT2D eigenvalue weighted by Gasteiger charge is 2.24. The second-order valence-corrected chi connectivity index (χ2v) is 5.25. The van der Waals surface area contributed by atoms with Gasteiger partial charge in [0.1, 0.15) is 4.88 Å². The average molecular weight is 271 g/mol. The molecule has 1 amide bonds. The van der Waals surface area contributed by atoms with Crippen molar-refractivity contribution in [3.05, 3.63) is 10.6 Å². The van der Waals surface area contributed by atoms with Crippen molar-refractivity contribution in [1.29, 1.82) is 0 Å². The van der Waals surface area contributed by atoms with Gasteiger partial charge in [0.05, 0.1) is 12.3 Å². The first-order valence-corrected chi connectivity index (χ1v) is 6.85. The predicted octanol–water partition coefficient (Wildman–Crippen LogP) is 1.92. The molecule has 1 unspecified atom stereocenters. The minimum absolute atomic E-state index is 0.00639. The van der Waals surface area contributed by atoms with Gasteiger partial charge in [-0.25, -0.2) is 4.98 Å². The van der Waals surface area contributed by atoms with Gasteiger partial charge in [0.25, 0.3) is 5.91 Å². The molecule has 0 fully saturated rings. The topological polar surface area (TPSA) is 68.5 Å². The molecule has 0 aliphatic rings. The summed E-state index contributed by atoms with van der Waals surface area (Å²) in [5.41, 5.74) is 6.34. The monoisotopic (exact) mass is 271 g/mol. The van der Waals surface area contributed by atoms with E-state index in [1.165, 1.54) is 11.3 Å². The van der Waals surface area contributed by atoms with Gasteiger partial charge in [0.2, 0.25) is 0 Å². The summed E-state index contributed by atoms with van der Waals surface area (Å²) in [6, 6.07) is 0.176. The molecule has 0 radical (unpaired) electrons. The summed E-state index contributed by atoms with van der Waals surface area (Å²) in [5, 5.41) is 0.437. The third kappa shape index (κ3) is 3.43. The summed E-state index contributed by atoms with van der Waals surface area (Å²) < 4.78 is 5.06. The second-order valence-electron chi connectivity index (χ2n) is 4.22. The average Bonchev–Trinajstić information content (AvgIpc) is 2.68. The fourth-order valence-electron chi connectivity index (χ4n) is 1.68. The second kappa shape index (κ2) is 6.70. The Balaban J connectivity index is 2.91. The molecule has 0 bridgehead atoms. The van der Waals surface area contributed by atoms with Gasteiger partial charge in [-0.15, -0.1) is 0 Å². The number of nitrogen functional groups attached to an aromatic ring is 1. The molecule has 0 aliphatic carbocycles. The summed E-state index contributed by atoms with van der Waals surface area (Å²) in [5.74, 6) is -0.00639. The zero-order valence-corrected chi connectivity index (χ0v) is 12.2. The minimum atomic E-state index is -0.00639. The quantitative estimate of drug-likeness (QED) is 0.858. The van der Waals surface area contributed by atoms with Crippen LogP contribution in [0.1, 0.15) is 35.6 Å². The number of rotatable bonds is 6. The maximum Gasteiger partial charge on any atom is 0.266 e. The third-order valence-electron chi connectivity index (χ3n) is 2.93. The van der Waals surface area contributed by atoms with Crippen molar-refractivity contribution in [2.75, 3.05) is 26.0 Å². The molecule has 0 aliphatic heterocycles. The number of methoxy groups -OCH3 is 1. The van der Waals surface area contributed by atoms with E-state index >= 15 is 0 Å². The highest BCUT2D eigenvalue weighted by molar-refractivity contribution is 7.17. The molecule has 1 aromatic rings. The standard InChI is InChI=1S/C12H21N3O2S/c1-5-8(2)15(6-7-17-4)11(16)10-9(3)14-12(13)18-10/h8H,5-7H2,1-4H3,(H2,13,14). The summed E-state index contributed by atoms with van der Waals surface area (Å²) in [6.07, 6.45) is 0.906. The van der Waals surface area contributed by atoms with Crippen molar-refractivity contribution in [2.24, 2.45) is 0 Å². The number of nitrogens with two attached hydrogens (primary N) is 1. The van der Waals surface area contributed by atoms with Crippen molar-refractivity contribution in [3.63, 3.8) is 0 Å². The van der Waals surface area contributed by atoms with E-state index in [4.69, 9.17) is 10.5 Å². The number of hydrogen-bond donors (Lipinski definition) is 1. The van der Waals surface area contributed by atoms with E-state index in [0.717, 1.165) is 6.42 Å². The van der Waals surface area contributed by atoms with Gasteiger partial charge in [-0.1, -0.05) is 18.3 Å². The first-order chi connectivity index (χ1) is 8.51. The van der Waals surface area contributed by atoms with Crippen LogP contribution in [0.5, 0.6) is 0 Å². The molecule has 1 rings (SSSR count). The largest absolute Gasteiger partial charge is 0.383 e. The Morgan fingerprint density at radius 2 is 2.28 bits per heavy atom. The Bertz CT molecular complexity index is 406. The van der Waals surface area contributed by atoms with E-state index in [-0.39, 0.29) is 11.9 Å². The number of hydrogen-bond acceptors (Lipinski definition) is 5. The Hall–Kier alpha value is -1.14. The van der Waals surface area contributed by atoms with Crippen LogP contribution in [0.2, 0.25) is 0 Å². The van der Waals surface area contributed by atoms with Gasteiger partial charge in [0, 0.05) is 19.7 Å². The van der Waals surface area contributed by atoms with Gasteiger partial charge in [-0.05, 0) is 20.3 Å². The lowest BCUT2D eigenvalue weighted by molar-refractivity contribution is 0.0618. The fraction of sp³-hybridized carbons (Fsp3) is 0.667. The van der Waals surface area contributed by atoms with E-state index in [1.54, 1.807) is 7.11 Å². The number of carbonyl (C=O) groups is 1. The van der Waals surface area contributed by atoms with Gasteiger partial charge >= 0.3 is 0 Å². The van der Waals surface area contributed by atoms with Gasteiger partial charge in [0.15, 0.2) is 5.13 Å². The van der Waals surface area contributed by atoms with Crippen LogP contribution < -0.4 is 5.73 Å². The maximum atomic E-state index is 12.5. The summed E-state index contributed by atoms with van der Waals surface area (Å²) in [6.45, 7) is 7.02. The molecule has 0 spiro atoms. The number of anilines is 1. The van der Waals surface area contributed by atoms with Crippen molar-refractivity contribution in [3.8, 4) is 0 Å². The number of ether oxygens (including phenoxy) is 1. The molecule has 5 nitrogen and oxygen atoms in total. The molecule has 0 saturated heterocycles. The number of nitrogens with zero attached hydrogens (tertiary/aromatic N) is 2. The lowest BCUT2D eigenvalue weighted by atomic mass is 10.2. The van der Waals surface area contributed by atoms with Crippen LogP contribution in [0.25, 0.3) is 0 Å². The van der Waals surface area contributed by atoms with E-state index in [1.807, 2.05) is 18.7 Å². The molecular weight excluding hydrogens is 250 g/mol. The Kier molecular flexibility index (Phi) is 5.55. The van der Waals surface area contributed by atoms with Crippen LogP contribution in [0, 0.1) is 6.92 Å². The lowest BCUT2D eigenvalue weighted by Crippen LogP contribution is -2.40. The van der Waals surface area contributed by atoms with Crippen molar-refractivity contribution in [2.45, 2.75) is 33.2 Å². The lowest BCUT2D eigenvalue weighted by Gasteiger charge is -2.28. The van der Waals surface area contributed by atoms with Gasteiger partial charge in [-0.3, -0.25) is 4.79 Å². The normalized spacial score (nSPS) is 12.4. The zero-order chi connectivity index (χ0) is 13.7. The van der Waals surface area contributed by atoms with E-state index in [9.17, 15) is 4.79 Å². The van der Waals surface area contributed by atoms with E-state index in [0.29, 0.717) is 28.9 Å². The van der Waals surface area contributed by atoms with Crippen LogP contribution in [-0.2, 0) is 4.74 Å². The molecular formula is C12H21N3O2S. The van der Waals surface area contributed by atoms with E-state index in [2.05, 4.69) is 11.9 Å². The summed E-state index contributed by atoms with van der Waals surface area (Å²) in [7, 11) is 1.63. The van der Waals surface area contributed by atoms with Gasteiger partial charge < -0.3 is 15.4 Å². The summed E-state index contributed by atoms with van der Waals surface area (Å²) in [4.78, 5) is 19.0. The molecule has 1 atom stereocenters. The Morgan fingerprint density at radius 3 is 2.72 bits per heavy atom. The van der Waals surface area contributed by atoms with Crippen molar-refractivity contribution >= 4 is 22.4 Å². The highest BCUT2D eigenvalue weighted by atomic mass is 32.1. The highest BCUT2D eigenvalue weighted by Crippen LogP contribution is 2.22. The minimum Gasteiger partial charge on any atom is -0.383 e. The smallest absolute Gasteiger partial charge is 0.266 e. The number of thiazole rings is 1. The summed E-state index contributed by atoms with van der Waals surface area (Å²) >= 11 is 1.25. The Labute approximate surface area is 112 Å². The molecule has 18 heavy (non-hydrogen) atoms. The molecule has 6 heteroatoms. The number of amides is 1. The molecule has 1 aromatic heterocycles. The van der Waals surface area contributed by atoms with Crippen molar-refractivity contribution < 1.29 is 9.53 Å². The zero-order valence-electron chi connectivity index (χ0n) is 11.4. The van der Waals surface area contributed by atoms with Crippen LogP contribution in [0.4, 0.5) is 5.13 Å². The van der Waals surface area contributed by atoms with Crippen LogP contribution in [0.15, 0.2) is 0 Å². The SMILES string of the molecule is CCC(C)N(CCOC)C(=O)c1sc(N)nc1C. The maximum absolute atomic E-state index is 12.5. The van der Waals surface area contributed by atoms with Gasteiger partial charge in [-0.2, -0.15) is 0 Å². The van der Waals surface area contributed by atoms with Crippen molar-refractivity contribution in [1.82, 2.24) is 9.88 Å². The molecule has 2 N–H and O–H groups in total. The first-order valence-electron chi connectivity index (χ1n) is 6.04. The first kappa shape index (κ1) is 14.9. The third-order valence-corrected chi connectivity index (χ3v) is 3.90. The van der Waals surface area contributed by atoms with Crippen LogP contribution >= 0.6 is 11.3 Å². The number of aromatic nitrogens is 1. The molecule has 1 heterocycles. The number of aryl methyl sites for hydroxylation is 1. The number of carbonyl (C=O) groups excluding carboxylic acids is 1. The van der Waals surface area contributed by atoms with E-state index < -0.39 is 0 Å².